The lowest BCUT2D eigenvalue weighted by Crippen LogP contribution is -2.51. The van der Waals surface area contributed by atoms with Crippen LogP contribution in [0.25, 0.3) is 11.1 Å². The van der Waals surface area contributed by atoms with Crippen LogP contribution in [0.4, 0.5) is 16.2 Å². The van der Waals surface area contributed by atoms with Crippen molar-refractivity contribution in [1.29, 1.82) is 0 Å². The van der Waals surface area contributed by atoms with Crippen molar-refractivity contribution in [2.24, 2.45) is 5.92 Å². The molecule has 2 aliphatic heterocycles. The SMILES string of the molecule is CCOc1ccc(-c2cccc([C@H]3CCN(C(=O)OC(C)(C)C)C[C@@H]3C(=O)N(c3ccc4c(c3)N(CCCOC)C(=O)CO4)C3CC3)c2)cc1. The third-order valence-corrected chi connectivity index (χ3v) is 9.44. The molecule has 0 spiro atoms. The third kappa shape index (κ3) is 8.07. The number of likely N-dealkylation sites (tertiary alicyclic amines) is 1. The van der Waals surface area contributed by atoms with Crippen molar-refractivity contribution in [1.82, 2.24) is 4.90 Å². The number of amides is 3. The summed E-state index contributed by atoms with van der Waals surface area (Å²) in [5.74, 6) is 0.641. The summed E-state index contributed by atoms with van der Waals surface area (Å²) in [6, 6.07) is 22.1. The normalized spacial score (nSPS) is 19.0. The van der Waals surface area contributed by atoms with Crippen molar-refractivity contribution >= 4 is 29.3 Å². The van der Waals surface area contributed by atoms with E-state index in [9.17, 15) is 9.59 Å². The fourth-order valence-electron chi connectivity index (χ4n) is 6.93. The Bertz CT molecular complexity index is 1680. The maximum atomic E-state index is 15.0. The largest absolute Gasteiger partial charge is 0.494 e. The van der Waals surface area contributed by atoms with Crippen LogP contribution in [0.1, 0.15) is 64.9 Å². The topological polar surface area (TPSA) is 97.9 Å². The van der Waals surface area contributed by atoms with Gasteiger partial charge in [0.1, 0.15) is 17.1 Å². The molecule has 0 aromatic heterocycles. The zero-order valence-electron chi connectivity index (χ0n) is 29.9. The van der Waals surface area contributed by atoms with Crippen LogP contribution < -0.4 is 19.3 Å². The van der Waals surface area contributed by atoms with Crippen molar-refractivity contribution in [3.05, 3.63) is 72.3 Å². The second-order valence-corrected chi connectivity index (χ2v) is 14.3. The van der Waals surface area contributed by atoms with E-state index in [1.54, 1.807) is 16.9 Å². The van der Waals surface area contributed by atoms with E-state index in [1.807, 2.05) is 69.0 Å². The second-order valence-electron chi connectivity index (χ2n) is 14.3. The van der Waals surface area contributed by atoms with Gasteiger partial charge < -0.3 is 33.6 Å². The molecule has 10 nitrogen and oxygen atoms in total. The van der Waals surface area contributed by atoms with Gasteiger partial charge in [0, 0.05) is 45.1 Å². The molecule has 3 aromatic rings. The monoisotopic (exact) mass is 683 g/mol. The number of carbonyl (C=O) groups excluding carboxylic acids is 3. The lowest BCUT2D eigenvalue weighted by molar-refractivity contribution is -0.124. The lowest BCUT2D eigenvalue weighted by Gasteiger charge is -2.41. The molecule has 0 radical (unpaired) electrons. The Morgan fingerprint density at radius 2 is 1.76 bits per heavy atom. The fourth-order valence-corrected chi connectivity index (χ4v) is 6.93. The second kappa shape index (κ2) is 15.1. The van der Waals surface area contributed by atoms with Gasteiger partial charge in [0.15, 0.2) is 6.61 Å². The molecule has 1 aliphatic carbocycles. The van der Waals surface area contributed by atoms with Gasteiger partial charge in [-0.25, -0.2) is 4.79 Å². The smallest absolute Gasteiger partial charge is 0.410 e. The first-order chi connectivity index (χ1) is 24.1. The average Bonchev–Trinajstić information content (AvgIpc) is 3.94. The Morgan fingerprint density at radius 3 is 2.46 bits per heavy atom. The molecule has 50 heavy (non-hydrogen) atoms. The summed E-state index contributed by atoms with van der Waals surface area (Å²) in [4.78, 5) is 46.6. The van der Waals surface area contributed by atoms with Crippen molar-refractivity contribution < 1.29 is 33.3 Å². The molecule has 266 valence electrons. The van der Waals surface area contributed by atoms with Crippen LogP contribution in [0, 0.1) is 5.92 Å². The third-order valence-electron chi connectivity index (χ3n) is 9.44. The summed E-state index contributed by atoms with van der Waals surface area (Å²) in [6.45, 7) is 9.85. The first-order valence-electron chi connectivity index (χ1n) is 17.8. The summed E-state index contributed by atoms with van der Waals surface area (Å²) in [5.41, 5.74) is 3.90. The number of piperidine rings is 1. The summed E-state index contributed by atoms with van der Waals surface area (Å²) < 4.78 is 22.4. The van der Waals surface area contributed by atoms with E-state index in [2.05, 4.69) is 30.3 Å². The molecular formula is C40H49N3O7. The Kier molecular flexibility index (Phi) is 10.7. The maximum Gasteiger partial charge on any atom is 0.410 e. The summed E-state index contributed by atoms with van der Waals surface area (Å²) in [7, 11) is 1.64. The number of fused-ring (bicyclic) bond motifs is 1. The van der Waals surface area contributed by atoms with Crippen LogP contribution in [-0.2, 0) is 19.1 Å². The molecule has 1 saturated carbocycles. The zero-order chi connectivity index (χ0) is 35.4. The van der Waals surface area contributed by atoms with Crippen molar-refractivity contribution in [2.45, 2.75) is 70.9 Å². The molecule has 2 fully saturated rings. The highest BCUT2D eigenvalue weighted by atomic mass is 16.6. The molecule has 2 heterocycles. The molecule has 0 unspecified atom stereocenters. The van der Waals surface area contributed by atoms with E-state index in [1.165, 1.54) is 0 Å². The summed E-state index contributed by atoms with van der Waals surface area (Å²) >= 11 is 0. The fraction of sp³-hybridized carbons (Fsp3) is 0.475. The van der Waals surface area contributed by atoms with Crippen LogP contribution in [0.3, 0.4) is 0 Å². The standard InChI is InChI=1S/C40H49N3O7/c1-6-48-32-16-11-27(12-17-32)28-9-7-10-29(23-28)33-19-21-41(39(46)50-40(2,3)4)25-34(33)38(45)43(30-13-14-30)31-15-18-36-35(24-31)42(20-8-22-47-5)37(44)26-49-36/h7,9-12,15-18,23-24,30,33-34H,6,8,13-14,19-22,25-26H2,1-5H3/t33-,34+/m1/s1. The number of methoxy groups -OCH3 is 1. The van der Waals surface area contributed by atoms with E-state index in [0.29, 0.717) is 50.6 Å². The summed E-state index contributed by atoms with van der Waals surface area (Å²) in [5, 5.41) is 0. The van der Waals surface area contributed by atoms with Gasteiger partial charge in [0.25, 0.3) is 5.91 Å². The van der Waals surface area contributed by atoms with E-state index in [4.69, 9.17) is 18.9 Å². The molecule has 0 N–H and O–H groups in total. The number of nitrogens with zero attached hydrogens (tertiary/aromatic N) is 3. The van der Waals surface area contributed by atoms with Gasteiger partial charge >= 0.3 is 6.09 Å². The van der Waals surface area contributed by atoms with E-state index in [-0.39, 0.29) is 36.9 Å². The zero-order valence-corrected chi connectivity index (χ0v) is 29.9. The van der Waals surface area contributed by atoms with E-state index >= 15 is 4.79 Å². The Balaban J connectivity index is 1.34. The van der Waals surface area contributed by atoms with Crippen LogP contribution in [0.2, 0.25) is 0 Å². The van der Waals surface area contributed by atoms with Gasteiger partial charge in [-0.1, -0.05) is 36.4 Å². The predicted molar refractivity (Wildman–Crippen MR) is 193 cm³/mol. The molecular weight excluding hydrogens is 634 g/mol. The lowest BCUT2D eigenvalue weighted by atomic mass is 9.78. The van der Waals surface area contributed by atoms with E-state index in [0.717, 1.165) is 41.0 Å². The Hall–Kier alpha value is -4.57. The molecule has 6 rings (SSSR count). The molecule has 2 atom stereocenters. The van der Waals surface area contributed by atoms with Crippen LogP contribution in [0.5, 0.6) is 11.5 Å². The number of ether oxygens (including phenoxy) is 4. The van der Waals surface area contributed by atoms with Crippen LogP contribution >= 0.6 is 0 Å². The quantitative estimate of drug-likeness (QED) is 0.200. The average molecular weight is 684 g/mol. The highest BCUT2D eigenvalue weighted by molar-refractivity contribution is 6.01. The maximum absolute atomic E-state index is 15.0. The van der Waals surface area contributed by atoms with Gasteiger partial charge in [-0.15, -0.1) is 0 Å². The number of hydrogen-bond donors (Lipinski definition) is 0. The van der Waals surface area contributed by atoms with Crippen molar-refractivity contribution in [3.63, 3.8) is 0 Å². The molecule has 3 amide bonds. The number of carbonyl (C=O) groups is 3. The van der Waals surface area contributed by atoms with Crippen LogP contribution in [0.15, 0.2) is 66.7 Å². The minimum atomic E-state index is -0.655. The minimum absolute atomic E-state index is 0.0232. The first-order valence-corrected chi connectivity index (χ1v) is 17.8. The first kappa shape index (κ1) is 35.3. The molecule has 3 aromatic carbocycles. The van der Waals surface area contributed by atoms with Crippen molar-refractivity contribution in [3.8, 4) is 22.6 Å². The molecule has 1 saturated heterocycles. The number of anilines is 2. The van der Waals surface area contributed by atoms with Gasteiger partial charge in [-0.05, 0) is 106 Å². The number of hydrogen-bond acceptors (Lipinski definition) is 7. The van der Waals surface area contributed by atoms with Crippen molar-refractivity contribution in [2.75, 3.05) is 56.4 Å². The molecule has 10 heteroatoms. The molecule has 0 bridgehead atoms. The van der Waals surface area contributed by atoms with Gasteiger partial charge in [-0.2, -0.15) is 0 Å². The number of rotatable bonds is 11. The van der Waals surface area contributed by atoms with Gasteiger partial charge in [0.2, 0.25) is 5.91 Å². The number of benzene rings is 3. The Morgan fingerprint density at radius 1 is 0.980 bits per heavy atom. The Labute approximate surface area is 295 Å². The highest BCUT2D eigenvalue weighted by Gasteiger charge is 2.44. The van der Waals surface area contributed by atoms with Crippen LogP contribution in [-0.4, -0.2) is 81.0 Å². The minimum Gasteiger partial charge on any atom is -0.494 e. The van der Waals surface area contributed by atoms with Gasteiger partial charge in [0.05, 0.1) is 18.2 Å². The highest BCUT2D eigenvalue weighted by Crippen LogP contribution is 2.43. The van der Waals surface area contributed by atoms with E-state index < -0.39 is 17.6 Å². The van der Waals surface area contributed by atoms with Gasteiger partial charge in [-0.3, -0.25) is 9.59 Å². The summed E-state index contributed by atoms with van der Waals surface area (Å²) in [6.07, 6.45) is 2.65. The predicted octanol–water partition coefficient (Wildman–Crippen LogP) is 7.05. The molecule has 3 aliphatic rings.